The lowest BCUT2D eigenvalue weighted by atomic mass is 10.1. The first-order valence-corrected chi connectivity index (χ1v) is 7.28. The quantitative estimate of drug-likeness (QED) is 0.856. The zero-order valence-corrected chi connectivity index (χ0v) is 13.4. The van der Waals surface area contributed by atoms with E-state index in [-0.39, 0.29) is 12.2 Å². The summed E-state index contributed by atoms with van der Waals surface area (Å²) in [5, 5.41) is 4.94. The van der Waals surface area contributed by atoms with E-state index in [1.807, 2.05) is 32.0 Å². The predicted octanol–water partition coefficient (Wildman–Crippen LogP) is 3.01. The first-order valence-electron chi connectivity index (χ1n) is 7.28. The molecule has 2 aromatic rings. The number of nitrogens with one attached hydrogen (secondary N) is 2. The molecule has 23 heavy (non-hydrogen) atoms. The Balaban J connectivity index is 1.94. The van der Waals surface area contributed by atoms with Crippen molar-refractivity contribution in [2.45, 2.75) is 27.3 Å². The average molecular weight is 314 g/mol. The van der Waals surface area contributed by atoms with Gasteiger partial charge in [-0.1, -0.05) is 29.8 Å². The van der Waals surface area contributed by atoms with Crippen LogP contribution in [0.4, 0.5) is 10.1 Å². The molecule has 2 amide bonds. The number of hydrogen-bond acceptors (Lipinski definition) is 2. The van der Waals surface area contributed by atoms with Crippen LogP contribution in [0, 0.1) is 26.6 Å². The Morgan fingerprint density at radius 3 is 2.35 bits per heavy atom. The van der Waals surface area contributed by atoms with Gasteiger partial charge in [-0.05, 0) is 49.6 Å². The Labute approximate surface area is 134 Å². The number of anilines is 1. The number of carbonyl (C=O) groups excluding carboxylic acids is 2. The topological polar surface area (TPSA) is 58.2 Å². The maximum Gasteiger partial charge on any atom is 0.313 e. The van der Waals surface area contributed by atoms with Gasteiger partial charge in [-0.2, -0.15) is 0 Å². The third-order valence-electron chi connectivity index (χ3n) is 3.57. The predicted molar refractivity (Wildman–Crippen MR) is 87.5 cm³/mol. The molecule has 0 atom stereocenters. The second kappa shape index (κ2) is 7.05. The monoisotopic (exact) mass is 314 g/mol. The lowest BCUT2D eigenvalue weighted by Gasteiger charge is -2.09. The fraction of sp³-hybridized carbons (Fsp3) is 0.222. The van der Waals surface area contributed by atoms with E-state index in [0.717, 1.165) is 16.7 Å². The Hall–Kier alpha value is -2.69. The van der Waals surface area contributed by atoms with Gasteiger partial charge in [0.25, 0.3) is 0 Å². The van der Waals surface area contributed by atoms with E-state index in [1.54, 1.807) is 19.1 Å². The maximum atomic E-state index is 13.4. The summed E-state index contributed by atoms with van der Waals surface area (Å²) < 4.78 is 13.4. The highest BCUT2D eigenvalue weighted by atomic mass is 19.1. The van der Waals surface area contributed by atoms with E-state index >= 15 is 0 Å². The lowest BCUT2D eigenvalue weighted by Crippen LogP contribution is -2.35. The molecule has 0 saturated carbocycles. The Morgan fingerprint density at radius 1 is 0.957 bits per heavy atom. The average Bonchev–Trinajstić information content (AvgIpc) is 2.49. The van der Waals surface area contributed by atoms with Gasteiger partial charge < -0.3 is 10.6 Å². The molecule has 0 fully saturated rings. The Kier molecular flexibility index (Phi) is 5.11. The largest absolute Gasteiger partial charge is 0.344 e. The summed E-state index contributed by atoms with van der Waals surface area (Å²) >= 11 is 0. The van der Waals surface area contributed by atoms with E-state index < -0.39 is 17.6 Å². The third kappa shape index (κ3) is 4.39. The molecule has 120 valence electrons. The highest BCUT2D eigenvalue weighted by molar-refractivity contribution is 6.39. The van der Waals surface area contributed by atoms with Gasteiger partial charge in [0.15, 0.2) is 0 Å². The minimum absolute atomic E-state index is 0.250. The summed E-state index contributed by atoms with van der Waals surface area (Å²) in [5.74, 6) is -2.01. The van der Waals surface area contributed by atoms with Crippen LogP contribution in [0.15, 0.2) is 36.4 Å². The van der Waals surface area contributed by atoms with Crippen LogP contribution in [-0.4, -0.2) is 11.8 Å². The molecule has 0 aliphatic heterocycles. The number of amides is 2. The molecule has 0 radical (unpaired) electrons. The summed E-state index contributed by atoms with van der Waals surface area (Å²) in [4.78, 5) is 23.7. The second-order valence-electron chi connectivity index (χ2n) is 5.53. The summed E-state index contributed by atoms with van der Waals surface area (Å²) in [6.45, 7) is 5.82. The highest BCUT2D eigenvalue weighted by Crippen LogP contribution is 2.13. The minimum atomic E-state index is -0.821. The normalized spacial score (nSPS) is 10.3. The fourth-order valence-electron chi connectivity index (χ4n) is 2.16. The van der Waals surface area contributed by atoms with Gasteiger partial charge in [0.1, 0.15) is 5.82 Å². The second-order valence-corrected chi connectivity index (χ2v) is 5.53. The van der Waals surface area contributed by atoms with Crippen molar-refractivity contribution in [3.8, 4) is 0 Å². The highest BCUT2D eigenvalue weighted by Gasteiger charge is 2.14. The molecule has 2 aromatic carbocycles. The molecule has 0 bridgehead atoms. The van der Waals surface area contributed by atoms with Crippen LogP contribution < -0.4 is 10.6 Å². The number of benzene rings is 2. The molecule has 0 spiro atoms. The van der Waals surface area contributed by atoms with Crippen LogP contribution in [0.25, 0.3) is 0 Å². The number of rotatable bonds is 3. The third-order valence-corrected chi connectivity index (χ3v) is 3.57. The number of hydrogen-bond donors (Lipinski definition) is 2. The first kappa shape index (κ1) is 16.7. The van der Waals surface area contributed by atoms with Crippen molar-refractivity contribution in [3.63, 3.8) is 0 Å². The summed E-state index contributed by atoms with van der Waals surface area (Å²) in [5.41, 5.74) is 3.85. The fourth-order valence-corrected chi connectivity index (χ4v) is 2.16. The van der Waals surface area contributed by atoms with Crippen LogP contribution in [-0.2, 0) is 16.1 Å². The van der Waals surface area contributed by atoms with Gasteiger partial charge in [0.05, 0.1) is 0 Å². The molecule has 2 rings (SSSR count). The van der Waals surface area contributed by atoms with E-state index in [9.17, 15) is 14.0 Å². The smallest absolute Gasteiger partial charge is 0.313 e. The van der Waals surface area contributed by atoms with Crippen molar-refractivity contribution in [2.24, 2.45) is 0 Å². The molecule has 0 heterocycles. The van der Waals surface area contributed by atoms with Crippen LogP contribution in [0.1, 0.15) is 22.3 Å². The zero-order valence-electron chi connectivity index (χ0n) is 13.4. The standard InChI is InChI=1S/C18H19FN2O2/c1-11-4-6-14(13(3)8-11)10-20-17(22)18(23)21-15-7-5-12(2)16(19)9-15/h4-9H,10H2,1-3H3,(H,20,22)(H,21,23). The van der Waals surface area contributed by atoms with Crippen LogP contribution in [0.3, 0.4) is 0 Å². The van der Waals surface area contributed by atoms with Crippen molar-refractivity contribution in [1.29, 1.82) is 0 Å². The van der Waals surface area contributed by atoms with Crippen molar-refractivity contribution in [3.05, 3.63) is 64.5 Å². The minimum Gasteiger partial charge on any atom is -0.344 e. The van der Waals surface area contributed by atoms with Crippen molar-refractivity contribution >= 4 is 17.5 Å². The maximum absolute atomic E-state index is 13.4. The van der Waals surface area contributed by atoms with E-state index in [2.05, 4.69) is 10.6 Å². The Morgan fingerprint density at radius 2 is 1.70 bits per heavy atom. The van der Waals surface area contributed by atoms with Crippen molar-refractivity contribution < 1.29 is 14.0 Å². The molecule has 5 heteroatoms. The van der Waals surface area contributed by atoms with Crippen molar-refractivity contribution in [2.75, 3.05) is 5.32 Å². The molecule has 0 saturated heterocycles. The van der Waals surface area contributed by atoms with Crippen LogP contribution in [0.5, 0.6) is 0 Å². The lowest BCUT2D eigenvalue weighted by molar-refractivity contribution is -0.136. The molecule has 0 unspecified atom stereocenters. The molecule has 0 aliphatic carbocycles. The summed E-state index contributed by atoms with van der Waals surface area (Å²) in [6, 6.07) is 10.1. The van der Waals surface area contributed by atoms with E-state index in [4.69, 9.17) is 0 Å². The van der Waals surface area contributed by atoms with Crippen LogP contribution in [0.2, 0.25) is 0 Å². The zero-order chi connectivity index (χ0) is 17.0. The molecule has 0 aromatic heterocycles. The molecular formula is C18H19FN2O2. The van der Waals surface area contributed by atoms with Gasteiger partial charge in [0.2, 0.25) is 0 Å². The van der Waals surface area contributed by atoms with E-state index in [0.29, 0.717) is 5.56 Å². The SMILES string of the molecule is Cc1ccc(CNC(=O)C(=O)Nc2ccc(C)c(F)c2)c(C)c1. The first-order chi connectivity index (χ1) is 10.9. The van der Waals surface area contributed by atoms with Gasteiger partial charge in [-0.15, -0.1) is 0 Å². The number of halogens is 1. The summed E-state index contributed by atoms with van der Waals surface area (Å²) in [6.07, 6.45) is 0. The molecule has 2 N–H and O–H groups in total. The van der Waals surface area contributed by atoms with Crippen LogP contribution >= 0.6 is 0 Å². The summed E-state index contributed by atoms with van der Waals surface area (Å²) in [7, 11) is 0. The van der Waals surface area contributed by atoms with Gasteiger partial charge >= 0.3 is 11.8 Å². The van der Waals surface area contributed by atoms with Crippen molar-refractivity contribution in [1.82, 2.24) is 5.32 Å². The molecule has 0 aliphatic rings. The van der Waals surface area contributed by atoms with E-state index in [1.165, 1.54) is 6.07 Å². The molecule has 4 nitrogen and oxygen atoms in total. The van der Waals surface area contributed by atoms with Gasteiger partial charge in [-0.25, -0.2) is 4.39 Å². The molecular weight excluding hydrogens is 295 g/mol. The Bertz CT molecular complexity index is 757. The van der Waals surface area contributed by atoms with Gasteiger partial charge in [-0.3, -0.25) is 9.59 Å². The number of aryl methyl sites for hydroxylation is 3. The number of carbonyl (C=O) groups is 2. The van der Waals surface area contributed by atoms with Gasteiger partial charge in [0, 0.05) is 12.2 Å².